The summed E-state index contributed by atoms with van der Waals surface area (Å²) in [7, 11) is -4.16. The first-order valence-corrected chi connectivity index (χ1v) is 15.6. The maximum atomic E-state index is 13.5. The molecular weight excluding hydrogens is 605 g/mol. The smallest absolute Gasteiger partial charge is 0.283 e. The molecule has 2 atom stereocenters. The minimum absolute atomic E-state index is 0.0150. The van der Waals surface area contributed by atoms with E-state index in [-0.39, 0.29) is 41.6 Å². The number of rotatable bonds is 9. The molecule has 0 saturated carbocycles. The Balaban J connectivity index is 1.40. The first-order valence-electron chi connectivity index (χ1n) is 12.6. The Labute approximate surface area is 248 Å². The van der Waals surface area contributed by atoms with Gasteiger partial charge in [-0.25, -0.2) is 13.4 Å². The number of para-hydroxylation sites is 1. The molecule has 16 heteroatoms. The van der Waals surface area contributed by atoms with Crippen LogP contribution in [-0.2, 0) is 14.8 Å². The van der Waals surface area contributed by atoms with Gasteiger partial charge in [0.15, 0.2) is 4.34 Å². The van der Waals surface area contributed by atoms with Crippen LogP contribution >= 0.6 is 23.1 Å². The highest BCUT2D eigenvalue weighted by Gasteiger charge is 2.34. The van der Waals surface area contributed by atoms with Crippen molar-refractivity contribution in [3.8, 4) is 0 Å². The minimum atomic E-state index is -4.16. The summed E-state index contributed by atoms with van der Waals surface area (Å²) in [5.41, 5.74) is 3.31. The zero-order valence-corrected chi connectivity index (χ0v) is 24.7. The standard InChI is InChI=1S/C26H24N6O7S3/c1-16-14-30(15-17(2)39-16)42(37,38)25-12-19(31(33)34)8-9-21(25)29-27-13-18-7-10-24(22(11-18)32(35)36)41-26-28-20-5-3-4-6-23(20)40-26/h3-13,16-17,29H,14-15H2,1-2H3/b27-13-/t16-,17+. The lowest BCUT2D eigenvalue weighted by atomic mass is 10.2. The molecule has 0 aliphatic carbocycles. The third-order valence-corrected chi connectivity index (χ3v) is 10.3. The highest BCUT2D eigenvalue weighted by atomic mass is 32.2. The molecule has 0 radical (unpaired) electrons. The second-order valence-electron chi connectivity index (χ2n) is 9.42. The molecule has 218 valence electrons. The van der Waals surface area contributed by atoms with Crippen molar-refractivity contribution < 1.29 is 23.0 Å². The molecule has 1 saturated heterocycles. The Hall–Kier alpha value is -3.96. The molecule has 0 unspecified atom stereocenters. The monoisotopic (exact) mass is 628 g/mol. The van der Waals surface area contributed by atoms with Crippen LogP contribution in [0.2, 0.25) is 0 Å². The number of hydrazone groups is 1. The van der Waals surface area contributed by atoms with E-state index >= 15 is 0 Å². The average molecular weight is 629 g/mol. The quantitative estimate of drug-likeness (QED) is 0.142. The number of non-ortho nitro benzene ring substituents is 1. The fourth-order valence-corrected chi connectivity index (χ4v) is 8.27. The number of benzene rings is 3. The third-order valence-electron chi connectivity index (χ3n) is 6.23. The van der Waals surface area contributed by atoms with Gasteiger partial charge in [0.1, 0.15) is 4.90 Å². The summed E-state index contributed by atoms with van der Waals surface area (Å²) < 4.78 is 35.6. The zero-order chi connectivity index (χ0) is 30.0. The predicted molar refractivity (Wildman–Crippen MR) is 160 cm³/mol. The fourth-order valence-electron chi connectivity index (χ4n) is 4.41. The highest BCUT2D eigenvalue weighted by Crippen LogP contribution is 2.39. The molecule has 0 bridgehead atoms. The van der Waals surface area contributed by atoms with Crippen LogP contribution in [0.1, 0.15) is 19.4 Å². The number of aromatic nitrogens is 1. The van der Waals surface area contributed by atoms with Gasteiger partial charge in [-0.3, -0.25) is 25.7 Å². The summed E-state index contributed by atoms with van der Waals surface area (Å²) in [4.78, 5) is 26.7. The summed E-state index contributed by atoms with van der Waals surface area (Å²) in [6, 6.07) is 15.6. The number of nitro groups is 2. The van der Waals surface area contributed by atoms with E-state index in [1.54, 1.807) is 26.0 Å². The Bertz CT molecular complexity index is 1770. The molecule has 0 amide bonds. The normalized spacial score (nSPS) is 18.0. The van der Waals surface area contributed by atoms with Crippen LogP contribution in [0, 0.1) is 20.2 Å². The summed E-state index contributed by atoms with van der Waals surface area (Å²) in [5, 5.41) is 27.3. The zero-order valence-electron chi connectivity index (χ0n) is 22.2. The fraction of sp³-hybridized carbons (Fsp3) is 0.231. The Morgan fingerprint density at radius 3 is 2.50 bits per heavy atom. The van der Waals surface area contributed by atoms with E-state index in [0.717, 1.165) is 16.3 Å². The number of nitrogens with zero attached hydrogens (tertiary/aromatic N) is 5. The van der Waals surface area contributed by atoms with Crippen LogP contribution in [0.15, 0.2) is 79.9 Å². The molecule has 1 aliphatic heterocycles. The molecule has 2 heterocycles. The lowest BCUT2D eigenvalue weighted by Gasteiger charge is -2.34. The number of nitro benzene ring substituents is 2. The van der Waals surface area contributed by atoms with E-state index in [1.807, 2.05) is 24.3 Å². The maximum absolute atomic E-state index is 13.5. The van der Waals surface area contributed by atoms with Crippen molar-refractivity contribution in [3.05, 3.63) is 86.5 Å². The van der Waals surface area contributed by atoms with E-state index in [4.69, 9.17) is 4.74 Å². The second-order valence-corrected chi connectivity index (χ2v) is 13.6. The summed E-state index contributed by atoms with van der Waals surface area (Å²) in [5.74, 6) is 0. The highest BCUT2D eigenvalue weighted by molar-refractivity contribution is 8.01. The average Bonchev–Trinajstić information content (AvgIpc) is 3.35. The second kappa shape index (κ2) is 12.1. The molecule has 42 heavy (non-hydrogen) atoms. The number of morpholine rings is 1. The van der Waals surface area contributed by atoms with Crippen molar-refractivity contribution >= 4 is 66.6 Å². The van der Waals surface area contributed by atoms with Crippen LogP contribution in [0.25, 0.3) is 10.2 Å². The lowest BCUT2D eigenvalue weighted by Crippen LogP contribution is -2.48. The Morgan fingerprint density at radius 2 is 1.81 bits per heavy atom. The van der Waals surface area contributed by atoms with Gasteiger partial charge in [0.2, 0.25) is 10.0 Å². The minimum Gasteiger partial charge on any atom is -0.373 e. The number of hydrogen-bond donors (Lipinski definition) is 1. The predicted octanol–water partition coefficient (Wildman–Crippen LogP) is 5.51. The van der Waals surface area contributed by atoms with Gasteiger partial charge in [0.05, 0.1) is 49.1 Å². The maximum Gasteiger partial charge on any atom is 0.283 e. The molecule has 13 nitrogen and oxygen atoms in total. The van der Waals surface area contributed by atoms with E-state index < -0.39 is 25.6 Å². The van der Waals surface area contributed by atoms with Crippen molar-refractivity contribution in [2.75, 3.05) is 18.5 Å². The number of thiazole rings is 1. The lowest BCUT2D eigenvalue weighted by molar-refractivity contribution is -0.387. The van der Waals surface area contributed by atoms with Gasteiger partial charge >= 0.3 is 0 Å². The van der Waals surface area contributed by atoms with Crippen LogP contribution in [0.3, 0.4) is 0 Å². The van der Waals surface area contributed by atoms with Gasteiger partial charge in [-0.2, -0.15) is 9.41 Å². The van der Waals surface area contributed by atoms with Crippen LogP contribution in [0.5, 0.6) is 0 Å². The van der Waals surface area contributed by atoms with E-state index in [9.17, 15) is 28.6 Å². The molecule has 1 fully saturated rings. The topological polar surface area (TPSA) is 170 Å². The first-order chi connectivity index (χ1) is 20.0. The van der Waals surface area contributed by atoms with Crippen LogP contribution in [0.4, 0.5) is 17.1 Å². The number of fused-ring (bicyclic) bond motifs is 1. The van der Waals surface area contributed by atoms with Gasteiger partial charge < -0.3 is 4.74 Å². The van der Waals surface area contributed by atoms with E-state index in [1.165, 1.54) is 51.8 Å². The van der Waals surface area contributed by atoms with Gasteiger partial charge in [-0.1, -0.05) is 30.0 Å². The molecule has 1 aromatic heterocycles. The van der Waals surface area contributed by atoms with Crippen molar-refractivity contribution in [1.29, 1.82) is 0 Å². The molecule has 4 aromatic rings. The molecule has 0 spiro atoms. The molecule has 5 rings (SSSR count). The van der Waals surface area contributed by atoms with Crippen molar-refractivity contribution in [2.45, 2.75) is 40.2 Å². The van der Waals surface area contributed by atoms with E-state index in [2.05, 4.69) is 15.5 Å². The summed E-state index contributed by atoms with van der Waals surface area (Å²) >= 11 is 2.63. The van der Waals surface area contributed by atoms with Crippen LogP contribution in [-0.4, -0.2) is 59.1 Å². The van der Waals surface area contributed by atoms with Gasteiger partial charge in [-0.15, -0.1) is 11.3 Å². The van der Waals surface area contributed by atoms with Gasteiger partial charge in [0.25, 0.3) is 11.4 Å². The van der Waals surface area contributed by atoms with Gasteiger partial charge in [0, 0.05) is 36.9 Å². The number of anilines is 1. The third kappa shape index (κ3) is 6.42. The van der Waals surface area contributed by atoms with Crippen molar-refractivity contribution in [2.24, 2.45) is 5.10 Å². The molecular formula is C26H24N6O7S3. The van der Waals surface area contributed by atoms with E-state index in [0.29, 0.717) is 14.8 Å². The summed E-state index contributed by atoms with van der Waals surface area (Å²) in [6.07, 6.45) is 0.585. The van der Waals surface area contributed by atoms with Crippen LogP contribution < -0.4 is 5.43 Å². The Kier molecular flexibility index (Phi) is 8.51. The molecule has 1 N–H and O–H groups in total. The number of ether oxygens (including phenoxy) is 1. The first kappa shape index (κ1) is 29.5. The van der Waals surface area contributed by atoms with Gasteiger partial charge in [-0.05, 0) is 38.1 Å². The number of sulfonamides is 1. The number of nitrogens with one attached hydrogen (secondary N) is 1. The molecule has 3 aromatic carbocycles. The van der Waals surface area contributed by atoms with Crippen molar-refractivity contribution in [1.82, 2.24) is 9.29 Å². The SMILES string of the molecule is C[C@@H]1CN(S(=O)(=O)c2cc([N+](=O)[O-])ccc2N/N=C\c2ccc(Sc3nc4ccccc4s3)c([N+](=O)[O-])c2)C[C@H](C)O1. The Morgan fingerprint density at radius 1 is 1.07 bits per heavy atom. The number of hydrogen-bond acceptors (Lipinski definition) is 12. The summed E-state index contributed by atoms with van der Waals surface area (Å²) in [6.45, 7) is 3.67. The largest absolute Gasteiger partial charge is 0.373 e. The molecule has 1 aliphatic rings. The van der Waals surface area contributed by atoms with Crippen molar-refractivity contribution in [3.63, 3.8) is 0 Å².